The summed E-state index contributed by atoms with van der Waals surface area (Å²) in [5.74, 6) is 0.196. The molecule has 0 bridgehead atoms. The molecule has 1 aliphatic heterocycles. The Morgan fingerprint density at radius 3 is 2.43 bits per heavy atom. The Bertz CT molecular complexity index is 1040. The van der Waals surface area contributed by atoms with Gasteiger partial charge in [0.05, 0.1) is 22.2 Å². The average Bonchev–Trinajstić information content (AvgIpc) is 2.70. The van der Waals surface area contributed by atoms with Gasteiger partial charge in [-0.25, -0.2) is 13.8 Å². The number of para-hydroxylation sites is 2. The smallest absolute Gasteiger partial charge is 0.206 e. The summed E-state index contributed by atoms with van der Waals surface area (Å²) >= 11 is 7.50. The number of guanidine groups is 1. The first kappa shape index (κ1) is 18.6. The van der Waals surface area contributed by atoms with Gasteiger partial charge in [0.25, 0.3) is 0 Å². The second-order valence-electron chi connectivity index (χ2n) is 5.86. The molecule has 0 amide bonds. The zero-order valence-electron chi connectivity index (χ0n) is 14.4. The van der Waals surface area contributed by atoms with Gasteiger partial charge in [0, 0.05) is 5.56 Å². The molecule has 0 fully saturated rings. The van der Waals surface area contributed by atoms with E-state index in [0.717, 1.165) is 4.90 Å². The molecule has 0 saturated heterocycles. The summed E-state index contributed by atoms with van der Waals surface area (Å²) in [5.41, 5.74) is 0.605. The van der Waals surface area contributed by atoms with E-state index in [1.54, 1.807) is 18.2 Å². The third-order valence-corrected chi connectivity index (χ3v) is 5.17. The maximum Gasteiger partial charge on any atom is 0.206 e. The fourth-order valence-corrected chi connectivity index (χ4v) is 3.51. The summed E-state index contributed by atoms with van der Waals surface area (Å²) in [4.78, 5) is 5.14. The van der Waals surface area contributed by atoms with E-state index < -0.39 is 11.6 Å². The molecule has 2 N–H and O–H groups in total. The lowest BCUT2D eigenvalue weighted by Crippen LogP contribution is -2.29. The monoisotopic (exact) mass is 417 g/mol. The molecule has 3 aromatic rings. The van der Waals surface area contributed by atoms with Gasteiger partial charge in [0.1, 0.15) is 17.4 Å². The molecule has 0 radical (unpaired) electrons. The second kappa shape index (κ2) is 8.08. The van der Waals surface area contributed by atoms with Crippen LogP contribution in [0.15, 0.2) is 70.6 Å². The van der Waals surface area contributed by atoms with Crippen LogP contribution in [0.2, 0.25) is 5.02 Å². The van der Waals surface area contributed by atoms with Crippen molar-refractivity contribution >= 4 is 35.2 Å². The first-order valence-electron chi connectivity index (χ1n) is 8.34. The van der Waals surface area contributed by atoms with Crippen molar-refractivity contribution in [3.8, 4) is 11.5 Å². The van der Waals surface area contributed by atoms with Crippen LogP contribution < -0.4 is 14.8 Å². The van der Waals surface area contributed by atoms with Crippen molar-refractivity contribution < 1.29 is 13.5 Å². The van der Waals surface area contributed by atoms with E-state index in [-0.39, 0.29) is 12.1 Å². The van der Waals surface area contributed by atoms with Crippen molar-refractivity contribution in [3.63, 3.8) is 0 Å². The SMILES string of the molecule is Fc1cccc(F)c1CN=C1NSc2cccc(Oc3ccccc3Cl)c2N1. The van der Waals surface area contributed by atoms with Gasteiger partial charge >= 0.3 is 0 Å². The van der Waals surface area contributed by atoms with E-state index in [2.05, 4.69) is 15.0 Å². The minimum Gasteiger partial charge on any atom is -0.454 e. The molecule has 3 aromatic carbocycles. The number of ether oxygens (including phenoxy) is 1. The zero-order valence-corrected chi connectivity index (χ0v) is 16.0. The molecular weight excluding hydrogens is 404 g/mol. The van der Waals surface area contributed by atoms with Crippen molar-refractivity contribution in [3.05, 3.63) is 82.9 Å². The number of nitrogens with one attached hydrogen (secondary N) is 2. The average molecular weight is 418 g/mol. The minimum absolute atomic E-state index is 0.0880. The fraction of sp³-hybridized carbons (Fsp3) is 0.0500. The van der Waals surface area contributed by atoms with Gasteiger partial charge < -0.3 is 10.1 Å². The van der Waals surface area contributed by atoms with E-state index in [9.17, 15) is 8.78 Å². The standard InChI is InChI=1S/C20H14ClF2N3OS/c21-13-5-1-2-8-16(13)27-17-9-4-10-18-19(17)25-20(26-28-18)24-11-12-14(22)6-3-7-15(12)23/h1-10H,11H2,(H2,24,25,26). The number of nitrogens with zero attached hydrogens (tertiary/aromatic N) is 1. The lowest BCUT2D eigenvalue weighted by molar-refractivity contribution is 0.484. The Balaban J connectivity index is 1.58. The zero-order chi connectivity index (χ0) is 19.5. The number of hydrogen-bond acceptors (Lipinski definition) is 3. The first-order chi connectivity index (χ1) is 13.6. The maximum absolute atomic E-state index is 13.8. The molecule has 4 rings (SSSR count). The van der Waals surface area contributed by atoms with Gasteiger partial charge in [-0.1, -0.05) is 35.9 Å². The largest absolute Gasteiger partial charge is 0.454 e. The highest BCUT2D eigenvalue weighted by molar-refractivity contribution is 7.98. The third-order valence-electron chi connectivity index (χ3n) is 4.00. The number of aliphatic imine (C=N–C) groups is 1. The number of anilines is 1. The summed E-state index contributed by atoms with van der Waals surface area (Å²) in [5, 5.41) is 3.61. The maximum atomic E-state index is 13.8. The van der Waals surface area contributed by atoms with Gasteiger partial charge in [-0.2, -0.15) is 0 Å². The van der Waals surface area contributed by atoms with Crippen LogP contribution >= 0.6 is 23.5 Å². The fourth-order valence-electron chi connectivity index (χ4n) is 2.61. The molecule has 28 heavy (non-hydrogen) atoms. The van der Waals surface area contributed by atoms with E-state index >= 15 is 0 Å². The molecule has 0 spiro atoms. The molecular formula is C20H14ClF2N3OS. The Morgan fingerprint density at radius 2 is 1.64 bits per heavy atom. The van der Waals surface area contributed by atoms with Gasteiger partial charge in [0.15, 0.2) is 5.75 Å². The van der Waals surface area contributed by atoms with Crippen molar-refractivity contribution in [1.82, 2.24) is 4.72 Å². The summed E-state index contributed by atoms with van der Waals surface area (Å²) in [6.45, 7) is -0.142. The van der Waals surface area contributed by atoms with Gasteiger partial charge in [-0.3, -0.25) is 4.72 Å². The molecule has 0 aliphatic carbocycles. The molecule has 4 nitrogen and oxygen atoms in total. The summed E-state index contributed by atoms with van der Waals surface area (Å²) in [6.07, 6.45) is 0. The van der Waals surface area contributed by atoms with Crippen molar-refractivity contribution in [2.45, 2.75) is 11.4 Å². The van der Waals surface area contributed by atoms with Crippen molar-refractivity contribution in [2.75, 3.05) is 5.32 Å². The van der Waals surface area contributed by atoms with Crippen LogP contribution in [0.1, 0.15) is 5.56 Å². The number of halogens is 3. The van der Waals surface area contributed by atoms with E-state index in [4.69, 9.17) is 16.3 Å². The highest BCUT2D eigenvalue weighted by Gasteiger charge is 2.19. The first-order valence-corrected chi connectivity index (χ1v) is 9.54. The summed E-state index contributed by atoms with van der Waals surface area (Å²) in [6, 6.07) is 16.5. The molecule has 0 unspecified atom stereocenters. The third kappa shape index (κ3) is 3.90. The lowest BCUT2D eigenvalue weighted by atomic mass is 10.2. The Hall–Kier alpha value is -2.77. The predicted molar refractivity (Wildman–Crippen MR) is 108 cm³/mol. The molecule has 0 atom stereocenters. The second-order valence-corrected chi connectivity index (χ2v) is 7.11. The predicted octanol–water partition coefficient (Wildman–Crippen LogP) is 5.99. The van der Waals surface area contributed by atoms with E-state index in [1.165, 1.54) is 30.1 Å². The van der Waals surface area contributed by atoms with E-state index in [1.807, 2.05) is 24.3 Å². The molecule has 1 aliphatic rings. The van der Waals surface area contributed by atoms with Gasteiger partial charge in [-0.05, 0) is 48.3 Å². The summed E-state index contributed by atoms with van der Waals surface area (Å²) in [7, 11) is 0. The molecule has 0 aromatic heterocycles. The van der Waals surface area contributed by atoms with E-state index in [0.29, 0.717) is 28.2 Å². The minimum atomic E-state index is -0.629. The Morgan fingerprint density at radius 1 is 0.929 bits per heavy atom. The van der Waals surface area contributed by atoms with Crippen LogP contribution in [-0.4, -0.2) is 5.96 Å². The number of benzene rings is 3. The normalized spacial score (nSPS) is 14.2. The highest BCUT2D eigenvalue weighted by atomic mass is 35.5. The molecule has 0 saturated carbocycles. The molecule has 1 heterocycles. The number of fused-ring (bicyclic) bond motifs is 1. The van der Waals surface area contributed by atoms with Crippen LogP contribution in [0.3, 0.4) is 0 Å². The van der Waals surface area contributed by atoms with Gasteiger partial charge in [0.2, 0.25) is 5.96 Å². The Labute approximate surface area is 169 Å². The Kier molecular flexibility index (Phi) is 5.36. The van der Waals surface area contributed by atoms with Crippen LogP contribution in [0.5, 0.6) is 11.5 Å². The van der Waals surface area contributed by atoms with Crippen molar-refractivity contribution in [1.29, 1.82) is 0 Å². The van der Waals surface area contributed by atoms with Crippen LogP contribution in [0.25, 0.3) is 0 Å². The van der Waals surface area contributed by atoms with Crippen LogP contribution in [-0.2, 0) is 6.54 Å². The molecule has 8 heteroatoms. The molecule has 142 valence electrons. The topological polar surface area (TPSA) is 45.7 Å². The van der Waals surface area contributed by atoms with Crippen LogP contribution in [0.4, 0.5) is 14.5 Å². The highest BCUT2D eigenvalue weighted by Crippen LogP contribution is 2.40. The van der Waals surface area contributed by atoms with Crippen molar-refractivity contribution in [2.24, 2.45) is 4.99 Å². The number of rotatable bonds is 4. The quantitative estimate of drug-likeness (QED) is 0.512. The lowest BCUT2D eigenvalue weighted by Gasteiger charge is -2.23. The van der Waals surface area contributed by atoms with Gasteiger partial charge in [-0.15, -0.1) is 0 Å². The summed E-state index contributed by atoms with van der Waals surface area (Å²) < 4.78 is 36.6. The van der Waals surface area contributed by atoms with Crippen LogP contribution in [0, 0.1) is 11.6 Å². The number of hydrogen-bond donors (Lipinski definition) is 2.